The maximum atomic E-state index is 14.9. The lowest BCUT2D eigenvalue weighted by molar-refractivity contribution is 0.221. The molecular weight excluding hydrogens is 393 g/mol. The van der Waals surface area contributed by atoms with Crippen LogP contribution in [0.15, 0.2) is 84.2 Å². The fraction of sp³-hybridized carbons (Fsp3) is 0.400. The third-order valence-corrected chi connectivity index (χ3v) is 5.26. The molecule has 0 saturated heterocycles. The normalized spacial score (nSPS) is 15.0. The minimum Gasteiger partial charge on any atom is -0.383 e. The summed E-state index contributed by atoms with van der Waals surface area (Å²) in [4.78, 5) is 0. The second-order valence-corrected chi connectivity index (χ2v) is 8.94. The second-order valence-electron chi connectivity index (χ2n) is 8.94. The molecule has 0 bridgehead atoms. The molecule has 0 saturated carbocycles. The van der Waals surface area contributed by atoms with E-state index in [9.17, 15) is 4.39 Å². The summed E-state index contributed by atoms with van der Waals surface area (Å²) in [5.74, 6) is 0. The molecule has 0 fully saturated rings. The van der Waals surface area contributed by atoms with E-state index in [4.69, 9.17) is 0 Å². The van der Waals surface area contributed by atoms with Crippen molar-refractivity contribution in [2.75, 3.05) is 0 Å². The predicted octanol–water partition coefficient (Wildman–Crippen LogP) is 8.90. The van der Waals surface area contributed by atoms with Crippen LogP contribution in [-0.4, -0.2) is 6.04 Å². The number of hydrogen-bond acceptors (Lipinski definition) is 1. The Morgan fingerprint density at radius 2 is 1.81 bits per heavy atom. The minimum atomic E-state index is -1.40. The molecule has 0 aliphatic carbocycles. The maximum absolute atomic E-state index is 14.9. The number of allylic oxidation sites excluding steroid dienone is 10. The highest BCUT2D eigenvalue weighted by Crippen LogP contribution is 2.33. The van der Waals surface area contributed by atoms with Crippen molar-refractivity contribution in [3.05, 3.63) is 101 Å². The second kappa shape index (κ2) is 13.1. The first-order valence-corrected chi connectivity index (χ1v) is 11.6. The summed E-state index contributed by atoms with van der Waals surface area (Å²) in [5, 5.41) is 3.60. The molecule has 1 N–H and O–H groups in total. The molecule has 0 aliphatic rings. The van der Waals surface area contributed by atoms with Gasteiger partial charge in [0.2, 0.25) is 0 Å². The molecule has 1 unspecified atom stereocenters. The van der Waals surface area contributed by atoms with Crippen molar-refractivity contribution in [2.24, 2.45) is 0 Å². The first-order chi connectivity index (χ1) is 15.0. The number of halogens is 1. The lowest BCUT2D eigenvalue weighted by Gasteiger charge is -2.21. The van der Waals surface area contributed by atoms with E-state index in [1.807, 2.05) is 52.0 Å². The van der Waals surface area contributed by atoms with Crippen molar-refractivity contribution >= 4 is 5.57 Å². The van der Waals surface area contributed by atoms with E-state index in [1.165, 1.54) is 11.3 Å². The smallest absolute Gasteiger partial charge is 0.131 e. The highest BCUT2D eigenvalue weighted by molar-refractivity contribution is 5.76. The summed E-state index contributed by atoms with van der Waals surface area (Å²) in [7, 11) is 0. The number of rotatable bonds is 11. The van der Waals surface area contributed by atoms with E-state index in [0.29, 0.717) is 0 Å². The average Bonchev–Trinajstić information content (AvgIpc) is 2.71. The van der Waals surface area contributed by atoms with E-state index in [-0.39, 0.29) is 6.04 Å². The van der Waals surface area contributed by atoms with Crippen LogP contribution in [0.25, 0.3) is 5.57 Å². The summed E-state index contributed by atoms with van der Waals surface area (Å²) < 4.78 is 14.9. The topological polar surface area (TPSA) is 12.0 Å². The van der Waals surface area contributed by atoms with Crippen molar-refractivity contribution in [3.63, 3.8) is 0 Å². The Labute approximate surface area is 196 Å². The Morgan fingerprint density at radius 3 is 2.34 bits per heavy atom. The zero-order chi connectivity index (χ0) is 24.3. The van der Waals surface area contributed by atoms with Crippen molar-refractivity contribution in [1.82, 2.24) is 5.32 Å². The summed E-state index contributed by atoms with van der Waals surface area (Å²) in [5.41, 5.74) is 5.93. The Bertz CT molecular complexity index is 917. The molecule has 1 nitrogen and oxygen atoms in total. The quantitative estimate of drug-likeness (QED) is 0.342. The first kappa shape index (κ1) is 27.4. The van der Waals surface area contributed by atoms with Gasteiger partial charge in [-0.3, -0.25) is 0 Å². The molecule has 32 heavy (non-hydrogen) atoms. The zero-order valence-electron chi connectivity index (χ0n) is 21.4. The van der Waals surface area contributed by atoms with Gasteiger partial charge in [0, 0.05) is 11.7 Å². The number of nitrogens with one attached hydrogen (secondary N) is 1. The Hall–Kier alpha value is -2.61. The predicted molar refractivity (Wildman–Crippen MR) is 141 cm³/mol. The lowest BCUT2D eigenvalue weighted by Crippen LogP contribution is -2.23. The molecule has 1 rings (SSSR count). The van der Waals surface area contributed by atoms with Gasteiger partial charge in [-0.1, -0.05) is 78.4 Å². The summed E-state index contributed by atoms with van der Waals surface area (Å²) in [6, 6.07) is 6.17. The van der Waals surface area contributed by atoms with Crippen LogP contribution in [-0.2, 0) is 5.67 Å². The van der Waals surface area contributed by atoms with Crippen molar-refractivity contribution in [2.45, 2.75) is 79.9 Å². The molecule has 0 aliphatic heterocycles. The molecule has 1 aromatic carbocycles. The fourth-order valence-electron chi connectivity index (χ4n) is 3.64. The van der Waals surface area contributed by atoms with Crippen LogP contribution in [0.5, 0.6) is 0 Å². The maximum Gasteiger partial charge on any atom is 0.131 e. The SMILES string of the molecule is C=C(C)/C=C(\C=C/C)CC/C(=C/C)NC(C)/C=C\C(=C/C)c1ccc(C)cc1C(C)(C)F. The van der Waals surface area contributed by atoms with E-state index >= 15 is 0 Å². The molecule has 1 aromatic rings. The van der Waals surface area contributed by atoms with Gasteiger partial charge in [-0.05, 0) is 90.5 Å². The average molecular weight is 436 g/mol. The van der Waals surface area contributed by atoms with Gasteiger partial charge in [-0.2, -0.15) is 0 Å². The molecule has 0 aromatic heterocycles. The van der Waals surface area contributed by atoms with Crippen LogP contribution < -0.4 is 5.32 Å². The van der Waals surface area contributed by atoms with E-state index in [1.54, 1.807) is 13.8 Å². The van der Waals surface area contributed by atoms with Crippen molar-refractivity contribution < 1.29 is 4.39 Å². The van der Waals surface area contributed by atoms with Gasteiger partial charge in [0.15, 0.2) is 0 Å². The van der Waals surface area contributed by atoms with Gasteiger partial charge in [0.05, 0.1) is 0 Å². The monoisotopic (exact) mass is 435 g/mol. The molecule has 0 spiro atoms. The van der Waals surface area contributed by atoms with E-state index in [2.05, 4.69) is 62.2 Å². The highest BCUT2D eigenvalue weighted by Gasteiger charge is 2.23. The molecule has 0 radical (unpaired) electrons. The van der Waals surface area contributed by atoms with Crippen LogP contribution >= 0.6 is 0 Å². The van der Waals surface area contributed by atoms with Crippen LogP contribution in [0.3, 0.4) is 0 Å². The van der Waals surface area contributed by atoms with Gasteiger partial charge in [0.1, 0.15) is 5.67 Å². The Kier molecular flexibility index (Phi) is 11.2. The number of aryl methyl sites for hydroxylation is 1. The third-order valence-electron chi connectivity index (χ3n) is 5.26. The van der Waals surface area contributed by atoms with Gasteiger partial charge in [0.25, 0.3) is 0 Å². The molecule has 1 atom stereocenters. The lowest BCUT2D eigenvalue weighted by atomic mass is 9.88. The Balaban J connectivity index is 2.94. The third kappa shape index (κ3) is 9.26. The van der Waals surface area contributed by atoms with Crippen LogP contribution in [0.1, 0.15) is 78.0 Å². The largest absolute Gasteiger partial charge is 0.383 e. The summed E-state index contributed by atoms with van der Waals surface area (Å²) in [6.45, 7) is 19.5. The van der Waals surface area contributed by atoms with Crippen LogP contribution in [0, 0.1) is 6.92 Å². The van der Waals surface area contributed by atoms with Crippen molar-refractivity contribution in [3.8, 4) is 0 Å². The molecule has 0 heterocycles. The Morgan fingerprint density at radius 1 is 1.12 bits per heavy atom. The highest BCUT2D eigenvalue weighted by atomic mass is 19.1. The van der Waals surface area contributed by atoms with Crippen LogP contribution in [0.4, 0.5) is 4.39 Å². The van der Waals surface area contributed by atoms with Gasteiger partial charge < -0.3 is 5.32 Å². The molecule has 2 heteroatoms. The molecular formula is C30H42FN. The molecule has 0 amide bonds. The van der Waals surface area contributed by atoms with Gasteiger partial charge in [-0.25, -0.2) is 4.39 Å². The van der Waals surface area contributed by atoms with E-state index < -0.39 is 5.67 Å². The minimum absolute atomic E-state index is 0.152. The number of hydrogen-bond donors (Lipinski definition) is 1. The number of alkyl halides is 1. The fourth-order valence-corrected chi connectivity index (χ4v) is 3.64. The molecule has 174 valence electrons. The first-order valence-electron chi connectivity index (χ1n) is 11.6. The zero-order valence-corrected chi connectivity index (χ0v) is 21.4. The summed E-state index contributed by atoms with van der Waals surface area (Å²) >= 11 is 0. The van der Waals surface area contributed by atoms with Crippen LogP contribution in [0.2, 0.25) is 0 Å². The van der Waals surface area contributed by atoms with Gasteiger partial charge in [-0.15, -0.1) is 0 Å². The number of benzene rings is 1. The summed E-state index contributed by atoms with van der Waals surface area (Å²) in [6.07, 6.45) is 16.7. The standard InChI is InChI=1S/C30H42FN/c1-10-13-25(20-22(4)5)16-18-27(12-3)32-24(7)15-17-26(11-2)28-19-14-23(6)21-29(28)30(8,9)31/h10-15,17,19-21,24,32H,4,16,18H2,1-3,5-9H3/b13-10-,17-15-,25-20+,26-11+,27-12-. The van der Waals surface area contributed by atoms with E-state index in [0.717, 1.165) is 40.7 Å². The van der Waals surface area contributed by atoms with Crippen molar-refractivity contribution in [1.29, 1.82) is 0 Å². The van der Waals surface area contributed by atoms with Gasteiger partial charge >= 0.3 is 0 Å².